The first-order chi connectivity index (χ1) is 10.4. The van der Waals surface area contributed by atoms with Gasteiger partial charge in [-0.25, -0.2) is 0 Å². The van der Waals surface area contributed by atoms with Crippen LogP contribution in [0.5, 0.6) is 0 Å². The van der Waals surface area contributed by atoms with Crippen molar-refractivity contribution < 1.29 is 0 Å². The molecule has 1 nitrogen and oxygen atoms in total. The fourth-order valence-corrected chi connectivity index (χ4v) is 2.71. The van der Waals surface area contributed by atoms with E-state index < -0.39 is 0 Å². The molecular formula is C20H27N. The number of hydrogen-bond donors (Lipinski definition) is 1. The quantitative estimate of drug-likeness (QED) is 0.583. The van der Waals surface area contributed by atoms with Gasteiger partial charge in [0.15, 0.2) is 0 Å². The first kappa shape index (κ1) is 15.6. The largest absolute Gasteiger partial charge is 0.382 e. The van der Waals surface area contributed by atoms with Gasteiger partial charge in [0, 0.05) is 11.7 Å². The third-order valence-corrected chi connectivity index (χ3v) is 3.88. The normalized spacial score (nSPS) is 12.0. The number of benzene rings is 2. The van der Waals surface area contributed by atoms with Crippen LogP contribution in [0.25, 0.3) is 0 Å². The van der Waals surface area contributed by atoms with Crippen molar-refractivity contribution >= 4 is 5.69 Å². The third kappa shape index (κ3) is 6.03. The van der Waals surface area contributed by atoms with Crippen molar-refractivity contribution in [1.29, 1.82) is 0 Å². The van der Waals surface area contributed by atoms with Crippen molar-refractivity contribution in [2.45, 2.75) is 51.5 Å². The van der Waals surface area contributed by atoms with Gasteiger partial charge in [0.25, 0.3) is 0 Å². The molecule has 0 amide bonds. The van der Waals surface area contributed by atoms with Crippen LogP contribution >= 0.6 is 0 Å². The second-order valence-corrected chi connectivity index (χ2v) is 5.75. The van der Waals surface area contributed by atoms with Crippen LogP contribution in [0.3, 0.4) is 0 Å². The monoisotopic (exact) mass is 281 g/mol. The highest BCUT2D eigenvalue weighted by atomic mass is 14.9. The van der Waals surface area contributed by atoms with E-state index in [0.29, 0.717) is 6.04 Å². The molecule has 1 heteroatoms. The van der Waals surface area contributed by atoms with Crippen molar-refractivity contribution in [3.8, 4) is 0 Å². The van der Waals surface area contributed by atoms with E-state index in [1.165, 1.54) is 43.4 Å². The summed E-state index contributed by atoms with van der Waals surface area (Å²) in [6.45, 7) is 2.27. The summed E-state index contributed by atoms with van der Waals surface area (Å²) >= 11 is 0. The van der Waals surface area contributed by atoms with Gasteiger partial charge in [0.1, 0.15) is 0 Å². The zero-order chi connectivity index (χ0) is 14.8. The molecule has 0 saturated heterocycles. The molecule has 0 aliphatic heterocycles. The predicted octanol–water partition coefficient (Wildman–Crippen LogP) is 5.68. The number of nitrogens with one attached hydrogen (secondary N) is 1. The maximum atomic E-state index is 3.70. The molecule has 0 aliphatic carbocycles. The van der Waals surface area contributed by atoms with Crippen molar-refractivity contribution in [2.24, 2.45) is 0 Å². The van der Waals surface area contributed by atoms with Crippen LogP contribution in [0.4, 0.5) is 5.69 Å². The van der Waals surface area contributed by atoms with Crippen LogP contribution in [0.15, 0.2) is 60.7 Å². The van der Waals surface area contributed by atoms with E-state index in [1.807, 2.05) is 0 Å². The van der Waals surface area contributed by atoms with E-state index in [9.17, 15) is 0 Å². The average molecular weight is 281 g/mol. The number of unbranched alkanes of at least 4 members (excludes halogenated alkanes) is 3. The van der Waals surface area contributed by atoms with Gasteiger partial charge < -0.3 is 5.32 Å². The highest BCUT2D eigenvalue weighted by Gasteiger charge is 2.09. The molecule has 2 rings (SSSR count). The number of para-hydroxylation sites is 1. The summed E-state index contributed by atoms with van der Waals surface area (Å²) in [6.07, 6.45) is 7.65. The maximum absolute atomic E-state index is 3.70. The lowest BCUT2D eigenvalue weighted by Gasteiger charge is -2.20. The van der Waals surface area contributed by atoms with Crippen LogP contribution in [-0.2, 0) is 6.42 Å². The molecule has 112 valence electrons. The minimum absolute atomic E-state index is 0.520. The summed E-state index contributed by atoms with van der Waals surface area (Å²) in [4.78, 5) is 0. The summed E-state index contributed by atoms with van der Waals surface area (Å²) in [5.74, 6) is 0. The fraction of sp³-hybridized carbons (Fsp3) is 0.400. The van der Waals surface area contributed by atoms with E-state index in [-0.39, 0.29) is 0 Å². The molecule has 0 aliphatic rings. The van der Waals surface area contributed by atoms with Crippen molar-refractivity contribution in [2.75, 3.05) is 5.32 Å². The molecule has 1 atom stereocenters. The lowest BCUT2D eigenvalue weighted by molar-refractivity contribution is 0.569. The summed E-state index contributed by atoms with van der Waals surface area (Å²) in [5.41, 5.74) is 2.65. The Balaban J connectivity index is 1.93. The van der Waals surface area contributed by atoms with E-state index in [0.717, 1.165) is 6.42 Å². The summed E-state index contributed by atoms with van der Waals surface area (Å²) in [7, 11) is 0. The van der Waals surface area contributed by atoms with Crippen molar-refractivity contribution in [3.63, 3.8) is 0 Å². The van der Waals surface area contributed by atoms with Crippen LogP contribution in [0, 0.1) is 0 Å². The average Bonchev–Trinajstić information content (AvgIpc) is 2.53. The Morgan fingerprint density at radius 1 is 0.810 bits per heavy atom. The van der Waals surface area contributed by atoms with Crippen molar-refractivity contribution in [3.05, 3.63) is 66.2 Å². The Morgan fingerprint density at radius 3 is 2.14 bits per heavy atom. The van der Waals surface area contributed by atoms with Crippen LogP contribution in [-0.4, -0.2) is 6.04 Å². The third-order valence-electron chi connectivity index (χ3n) is 3.88. The molecular weight excluding hydrogens is 254 g/mol. The molecule has 0 saturated carbocycles. The first-order valence-corrected chi connectivity index (χ1v) is 8.24. The topological polar surface area (TPSA) is 12.0 Å². The highest BCUT2D eigenvalue weighted by Crippen LogP contribution is 2.16. The summed E-state index contributed by atoms with van der Waals surface area (Å²) in [5, 5.41) is 3.70. The van der Waals surface area contributed by atoms with Gasteiger partial charge in [-0.2, -0.15) is 0 Å². The van der Waals surface area contributed by atoms with E-state index >= 15 is 0 Å². The van der Waals surface area contributed by atoms with Crippen LogP contribution < -0.4 is 5.32 Å². The lowest BCUT2D eigenvalue weighted by atomic mass is 9.99. The Bertz CT molecular complexity index is 436. The second kappa shape index (κ2) is 9.23. The molecule has 1 unspecified atom stereocenters. The minimum Gasteiger partial charge on any atom is -0.382 e. The SMILES string of the molecule is CCCCCCC(Cc1ccccc1)Nc1ccccc1. The molecule has 0 bridgehead atoms. The number of hydrogen-bond acceptors (Lipinski definition) is 1. The summed E-state index contributed by atoms with van der Waals surface area (Å²) < 4.78 is 0. The maximum Gasteiger partial charge on any atom is 0.0342 e. The number of rotatable bonds is 9. The van der Waals surface area contributed by atoms with E-state index in [1.54, 1.807) is 0 Å². The van der Waals surface area contributed by atoms with Gasteiger partial charge in [0.2, 0.25) is 0 Å². The van der Waals surface area contributed by atoms with Crippen molar-refractivity contribution in [1.82, 2.24) is 0 Å². The van der Waals surface area contributed by atoms with Crippen LogP contribution in [0.1, 0.15) is 44.6 Å². The van der Waals surface area contributed by atoms with Gasteiger partial charge in [0.05, 0.1) is 0 Å². The fourth-order valence-electron chi connectivity index (χ4n) is 2.71. The molecule has 0 radical (unpaired) electrons. The van der Waals surface area contributed by atoms with E-state index in [2.05, 4.69) is 72.9 Å². The minimum atomic E-state index is 0.520. The molecule has 2 aromatic rings. The Labute approximate surface area is 129 Å². The van der Waals surface area contributed by atoms with E-state index in [4.69, 9.17) is 0 Å². The standard InChI is InChI=1S/C20H27N/c1-2-3-4-9-16-20(17-18-12-7-5-8-13-18)21-19-14-10-6-11-15-19/h5-8,10-15,20-21H,2-4,9,16-17H2,1H3. The molecule has 21 heavy (non-hydrogen) atoms. The molecule has 0 fully saturated rings. The lowest BCUT2D eigenvalue weighted by Crippen LogP contribution is -2.22. The Kier molecular flexibility index (Phi) is 6.87. The molecule has 0 spiro atoms. The van der Waals surface area contributed by atoms with Gasteiger partial charge in [-0.1, -0.05) is 81.1 Å². The summed E-state index contributed by atoms with van der Waals surface area (Å²) in [6, 6.07) is 21.9. The zero-order valence-corrected chi connectivity index (χ0v) is 13.1. The molecule has 1 N–H and O–H groups in total. The first-order valence-electron chi connectivity index (χ1n) is 8.24. The van der Waals surface area contributed by atoms with Gasteiger partial charge in [-0.05, 0) is 30.5 Å². The van der Waals surface area contributed by atoms with Gasteiger partial charge in [-0.3, -0.25) is 0 Å². The van der Waals surface area contributed by atoms with Crippen LogP contribution in [0.2, 0.25) is 0 Å². The Morgan fingerprint density at radius 2 is 1.48 bits per heavy atom. The number of anilines is 1. The highest BCUT2D eigenvalue weighted by molar-refractivity contribution is 5.43. The van der Waals surface area contributed by atoms with Gasteiger partial charge in [-0.15, -0.1) is 0 Å². The smallest absolute Gasteiger partial charge is 0.0342 e. The zero-order valence-electron chi connectivity index (χ0n) is 13.1. The second-order valence-electron chi connectivity index (χ2n) is 5.75. The Hall–Kier alpha value is -1.76. The molecule has 0 aromatic heterocycles. The molecule has 0 heterocycles. The van der Waals surface area contributed by atoms with Gasteiger partial charge >= 0.3 is 0 Å². The predicted molar refractivity (Wildman–Crippen MR) is 92.8 cm³/mol. The molecule has 2 aromatic carbocycles.